The third kappa shape index (κ3) is 2.09. The number of ether oxygens (including phenoxy) is 2. The summed E-state index contributed by atoms with van der Waals surface area (Å²) in [4.78, 5) is 4.30. The summed E-state index contributed by atoms with van der Waals surface area (Å²) in [6.45, 7) is 1.38. The maximum Gasteiger partial charge on any atom is 0.161 e. The molecular weight excluding hydrogens is 228 g/mol. The van der Waals surface area contributed by atoms with Gasteiger partial charge in [-0.05, 0) is 30.3 Å². The first-order valence-corrected chi connectivity index (χ1v) is 5.95. The zero-order chi connectivity index (χ0) is 12.4. The van der Waals surface area contributed by atoms with Crippen molar-refractivity contribution in [3.8, 4) is 22.8 Å². The van der Waals surface area contributed by atoms with Gasteiger partial charge in [-0.3, -0.25) is 0 Å². The lowest BCUT2D eigenvalue weighted by Gasteiger charge is -2.09. The summed E-state index contributed by atoms with van der Waals surface area (Å²) in [5.41, 5.74) is 7.51. The summed E-state index contributed by atoms with van der Waals surface area (Å²) in [7, 11) is 0. The standard InChI is InChI=1S/C14H14N2O2/c15-14-4-1-3-11(16-14)10-5-6-12-13(9-10)18-8-2-7-17-12/h1,3-6,9H,2,7-8H2,(H2,15,16). The number of nitrogens with zero attached hydrogens (tertiary/aromatic N) is 1. The summed E-state index contributed by atoms with van der Waals surface area (Å²) < 4.78 is 11.2. The van der Waals surface area contributed by atoms with E-state index in [0.29, 0.717) is 19.0 Å². The predicted molar refractivity (Wildman–Crippen MR) is 69.7 cm³/mol. The maximum atomic E-state index is 5.69. The van der Waals surface area contributed by atoms with E-state index >= 15 is 0 Å². The fraction of sp³-hybridized carbons (Fsp3) is 0.214. The molecule has 0 fully saturated rings. The number of fused-ring (bicyclic) bond motifs is 1. The Balaban J connectivity index is 2.01. The fourth-order valence-corrected chi connectivity index (χ4v) is 1.93. The molecule has 2 aromatic rings. The SMILES string of the molecule is Nc1cccc(-c2ccc3c(c2)OCCCO3)n1. The number of nitrogen functional groups attached to an aromatic ring is 1. The molecule has 4 nitrogen and oxygen atoms in total. The van der Waals surface area contributed by atoms with Gasteiger partial charge in [0.15, 0.2) is 11.5 Å². The van der Waals surface area contributed by atoms with E-state index in [-0.39, 0.29) is 0 Å². The molecular formula is C14H14N2O2. The fourth-order valence-electron chi connectivity index (χ4n) is 1.93. The quantitative estimate of drug-likeness (QED) is 0.834. The zero-order valence-electron chi connectivity index (χ0n) is 9.93. The van der Waals surface area contributed by atoms with Crippen molar-refractivity contribution >= 4 is 5.82 Å². The predicted octanol–water partition coefficient (Wildman–Crippen LogP) is 2.49. The normalized spacial score (nSPS) is 14.0. The van der Waals surface area contributed by atoms with Crippen molar-refractivity contribution < 1.29 is 9.47 Å². The van der Waals surface area contributed by atoms with Crippen molar-refractivity contribution in [2.75, 3.05) is 18.9 Å². The van der Waals surface area contributed by atoms with E-state index in [1.165, 1.54) is 0 Å². The lowest BCUT2D eigenvalue weighted by Crippen LogP contribution is -1.97. The molecule has 0 amide bonds. The minimum Gasteiger partial charge on any atom is -0.490 e. The molecule has 1 aliphatic rings. The van der Waals surface area contributed by atoms with Crippen molar-refractivity contribution in [1.29, 1.82) is 0 Å². The molecule has 2 N–H and O–H groups in total. The molecule has 0 saturated carbocycles. The molecule has 2 heterocycles. The first kappa shape index (κ1) is 10.9. The minimum atomic E-state index is 0.514. The van der Waals surface area contributed by atoms with Crippen LogP contribution in [-0.2, 0) is 0 Å². The Labute approximate surface area is 105 Å². The Morgan fingerprint density at radius 1 is 1.00 bits per heavy atom. The molecule has 3 rings (SSSR count). The van der Waals surface area contributed by atoms with E-state index < -0.39 is 0 Å². The Morgan fingerprint density at radius 3 is 2.67 bits per heavy atom. The summed E-state index contributed by atoms with van der Waals surface area (Å²) in [5, 5.41) is 0. The Bertz CT molecular complexity index is 569. The van der Waals surface area contributed by atoms with Crippen LogP contribution in [-0.4, -0.2) is 18.2 Å². The first-order chi connectivity index (χ1) is 8.83. The van der Waals surface area contributed by atoms with Crippen LogP contribution in [0.15, 0.2) is 36.4 Å². The summed E-state index contributed by atoms with van der Waals surface area (Å²) in [6.07, 6.45) is 0.903. The second-order valence-corrected chi connectivity index (χ2v) is 4.16. The van der Waals surface area contributed by atoms with Gasteiger partial charge in [0, 0.05) is 12.0 Å². The Hall–Kier alpha value is -2.23. The highest BCUT2D eigenvalue weighted by Crippen LogP contribution is 2.33. The number of nitrogens with two attached hydrogens (primary N) is 1. The van der Waals surface area contributed by atoms with Crippen molar-refractivity contribution in [1.82, 2.24) is 4.98 Å². The molecule has 0 unspecified atom stereocenters. The molecule has 0 radical (unpaired) electrons. The molecule has 1 aliphatic heterocycles. The monoisotopic (exact) mass is 242 g/mol. The van der Waals surface area contributed by atoms with Crippen molar-refractivity contribution in [2.24, 2.45) is 0 Å². The summed E-state index contributed by atoms with van der Waals surface area (Å²) in [5.74, 6) is 2.08. The van der Waals surface area contributed by atoms with Gasteiger partial charge >= 0.3 is 0 Å². The third-order valence-electron chi connectivity index (χ3n) is 2.81. The van der Waals surface area contributed by atoms with E-state index in [4.69, 9.17) is 15.2 Å². The molecule has 0 spiro atoms. The lowest BCUT2D eigenvalue weighted by atomic mass is 10.1. The molecule has 0 aliphatic carbocycles. The third-order valence-corrected chi connectivity index (χ3v) is 2.81. The van der Waals surface area contributed by atoms with Gasteiger partial charge in [-0.2, -0.15) is 0 Å². The number of aromatic nitrogens is 1. The van der Waals surface area contributed by atoms with Crippen LogP contribution in [0.5, 0.6) is 11.5 Å². The summed E-state index contributed by atoms with van der Waals surface area (Å²) >= 11 is 0. The zero-order valence-corrected chi connectivity index (χ0v) is 9.93. The highest BCUT2D eigenvalue weighted by atomic mass is 16.5. The van der Waals surface area contributed by atoms with Crippen LogP contribution < -0.4 is 15.2 Å². The van der Waals surface area contributed by atoms with E-state index in [1.807, 2.05) is 30.3 Å². The lowest BCUT2D eigenvalue weighted by molar-refractivity contribution is 0.297. The van der Waals surface area contributed by atoms with Crippen LogP contribution in [0.3, 0.4) is 0 Å². The van der Waals surface area contributed by atoms with Gasteiger partial charge in [0.2, 0.25) is 0 Å². The molecule has 0 atom stereocenters. The van der Waals surface area contributed by atoms with E-state index in [0.717, 1.165) is 29.2 Å². The van der Waals surface area contributed by atoms with Gasteiger partial charge in [-0.15, -0.1) is 0 Å². The van der Waals surface area contributed by atoms with Crippen LogP contribution in [0.1, 0.15) is 6.42 Å². The van der Waals surface area contributed by atoms with E-state index in [2.05, 4.69) is 4.98 Å². The largest absolute Gasteiger partial charge is 0.490 e. The second-order valence-electron chi connectivity index (χ2n) is 4.16. The molecule has 4 heteroatoms. The van der Waals surface area contributed by atoms with Crippen LogP contribution in [0.25, 0.3) is 11.3 Å². The van der Waals surface area contributed by atoms with E-state index in [1.54, 1.807) is 6.07 Å². The number of pyridine rings is 1. The van der Waals surface area contributed by atoms with Crippen molar-refractivity contribution in [3.63, 3.8) is 0 Å². The highest BCUT2D eigenvalue weighted by molar-refractivity contribution is 5.65. The van der Waals surface area contributed by atoms with Crippen LogP contribution in [0, 0.1) is 0 Å². The van der Waals surface area contributed by atoms with Gasteiger partial charge in [0.1, 0.15) is 5.82 Å². The minimum absolute atomic E-state index is 0.514. The van der Waals surface area contributed by atoms with Crippen LogP contribution >= 0.6 is 0 Å². The molecule has 92 valence electrons. The number of benzene rings is 1. The van der Waals surface area contributed by atoms with Crippen LogP contribution in [0.2, 0.25) is 0 Å². The van der Waals surface area contributed by atoms with E-state index in [9.17, 15) is 0 Å². The molecule has 1 aromatic carbocycles. The highest BCUT2D eigenvalue weighted by Gasteiger charge is 2.11. The van der Waals surface area contributed by atoms with Crippen molar-refractivity contribution in [2.45, 2.75) is 6.42 Å². The van der Waals surface area contributed by atoms with Gasteiger partial charge in [0.25, 0.3) is 0 Å². The number of anilines is 1. The van der Waals surface area contributed by atoms with Gasteiger partial charge in [0.05, 0.1) is 18.9 Å². The number of hydrogen-bond donors (Lipinski definition) is 1. The molecule has 0 saturated heterocycles. The number of hydrogen-bond acceptors (Lipinski definition) is 4. The first-order valence-electron chi connectivity index (χ1n) is 5.95. The maximum absolute atomic E-state index is 5.69. The smallest absolute Gasteiger partial charge is 0.161 e. The number of rotatable bonds is 1. The summed E-state index contributed by atoms with van der Waals surface area (Å²) in [6, 6.07) is 11.4. The average molecular weight is 242 g/mol. The topological polar surface area (TPSA) is 57.4 Å². The van der Waals surface area contributed by atoms with Crippen LogP contribution in [0.4, 0.5) is 5.82 Å². The second kappa shape index (κ2) is 4.56. The Kier molecular flexibility index (Phi) is 2.76. The molecule has 0 bridgehead atoms. The van der Waals surface area contributed by atoms with Crippen molar-refractivity contribution in [3.05, 3.63) is 36.4 Å². The Morgan fingerprint density at radius 2 is 1.83 bits per heavy atom. The van der Waals surface area contributed by atoms with Gasteiger partial charge in [-0.1, -0.05) is 6.07 Å². The average Bonchev–Trinajstić information content (AvgIpc) is 2.63. The molecule has 18 heavy (non-hydrogen) atoms. The molecule has 1 aromatic heterocycles. The van der Waals surface area contributed by atoms with Gasteiger partial charge < -0.3 is 15.2 Å². The van der Waals surface area contributed by atoms with Gasteiger partial charge in [-0.25, -0.2) is 4.98 Å².